The molecule has 0 bridgehead atoms. The molecule has 0 unspecified atom stereocenters. The number of rotatable bonds is 1. The summed E-state index contributed by atoms with van der Waals surface area (Å²) in [5.74, 6) is -0.427. The van der Waals surface area contributed by atoms with Crippen molar-refractivity contribution in [2.75, 3.05) is 0 Å². The van der Waals surface area contributed by atoms with Crippen LogP contribution in [0.5, 0.6) is 0 Å². The number of aromatic amines is 1. The Kier molecular flexibility index (Phi) is 2.70. The van der Waals surface area contributed by atoms with E-state index >= 15 is 0 Å². The largest absolute Gasteiger partial charge is 0.303 e. The second kappa shape index (κ2) is 3.86. The third-order valence-electron chi connectivity index (χ3n) is 1.83. The molecule has 2 aromatic heterocycles. The van der Waals surface area contributed by atoms with Crippen molar-refractivity contribution in [2.24, 2.45) is 0 Å². The van der Waals surface area contributed by atoms with Gasteiger partial charge in [0.15, 0.2) is 5.82 Å². The van der Waals surface area contributed by atoms with Crippen LogP contribution in [0, 0.1) is 12.7 Å². The topological polar surface area (TPSA) is 45.8 Å². The fourth-order valence-electron chi connectivity index (χ4n) is 1.13. The van der Waals surface area contributed by atoms with Crippen molar-refractivity contribution >= 4 is 27.3 Å². The highest BCUT2D eigenvalue weighted by Crippen LogP contribution is 2.26. The van der Waals surface area contributed by atoms with E-state index in [9.17, 15) is 9.18 Å². The van der Waals surface area contributed by atoms with E-state index < -0.39 is 11.4 Å². The first-order valence-corrected chi connectivity index (χ1v) is 5.76. The smallest absolute Gasteiger partial charge is 0.287 e. The van der Waals surface area contributed by atoms with Gasteiger partial charge in [0, 0.05) is 9.85 Å². The summed E-state index contributed by atoms with van der Waals surface area (Å²) in [6.45, 7) is 1.47. The number of aryl methyl sites for hydroxylation is 1. The van der Waals surface area contributed by atoms with Gasteiger partial charge < -0.3 is 4.98 Å². The summed E-state index contributed by atoms with van der Waals surface area (Å²) >= 11 is 4.72. The molecule has 0 aliphatic rings. The Labute approximate surface area is 97.1 Å². The summed E-state index contributed by atoms with van der Waals surface area (Å²) in [6.07, 6.45) is 0. The molecule has 2 rings (SSSR count). The molecular formula is C9H6BrFN2OS. The highest BCUT2D eigenvalue weighted by Gasteiger charge is 2.09. The molecule has 6 heteroatoms. The number of thiophene rings is 1. The van der Waals surface area contributed by atoms with Crippen molar-refractivity contribution in [3.05, 3.63) is 37.8 Å². The molecule has 0 aromatic carbocycles. The standard InChI is InChI=1S/C9H6BrFN2OS/c1-4-7(11)9(14)13-8(12-4)6-2-5(10)3-15-6/h2-3H,1H3,(H,12,13,14). The first kappa shape index (κ1) is 10.5. The molecule has 0 fully saturated rings. The second-order valence-corrected chi connectivity index (χ2v) is 4.77. The monoisotopic (exact) mass is 288 g/mol. The maximum absolute atomic E-state index is 13.0. The van der Waals surface area contributed by atoms with Gasteiger partial charge in [-0.05, 0) is 28.9 Å². The molecule has 0 saturated carbocycles. The van der Waals surface area contributed by atoms with Crippen LogP contribution in [0.1, 0.15) is 5.69 Å². The third-order valence-corrected chi connectivity index (χ3v) is 3.53. The maximum atomic E-state index is 13.0. The van der Waals surface area contributed by atoms with Crippen LogP contribution in [0.2, 0.25) is 0 Å². The molecule has 78 valence electrons. The van der Waals surface area contributed by atoms with Gasteiger partial charge in [-0.1, -0.05) is 0 Å². The van der Waals surface area contributed by atoms with Crippen molar-refractivity contribution in [1.29, 1.82) is 0 Å². The van der Waals surface area contributed by atoms with Crippen molar-refractivity contribution in [2.45, 2.75) is 6.92 Å². The average Bonchev–Trinajstić information content (AvgIpc) is 2.60. The lowest BCUT2D eigenvalue weighted by atomic mass is 10.4. The second-order valence-electron chi connectivity index (χ2n) is 2.94. The molecule has 2 heterocycles. The lowest BCUT2D eigenvalue weighted by molar-refractivity contribution is 0.589. The van der Waals surface area contributed by atoms with E-state index in [2.05, 4.69) is 25.9 Å². The van der Waals surface area contributed by atoms with Crippen LogP contribution in [0.3, 0.4) is 0 Å². The summed E-state index contributed by atoms with van der Waals surface area (Å²) in [6, 6.07) is 1.82. The first-order valence-electron chi connectivity index (χ1n) is 4.09. The third kappa shape index (κ3) is 2.00. The van der Waals surface area contributed by atoms with Crippen LogP contribution in [0.15, 0.2) is 20.7 Å². The molecule has 0 atom stereocenters. The molecule has 0 spiro atoms. The molecule has 0 saturated heterocycles. The SMILES string of the molecule is Cc1nc(-c2cc(Br)cs2)[nH]c(=O)c1F. The lowest BCUT2D eigenvalue weighted by Gasteiger charge is -1.99. The Morgan fingerprint density at radius 3 is 2.87 bits per heavy atom. The maximum Gasteiger partial charge on any atom is 0.287 e. The number of H-pyrrole nitrogens is 1. The Hall–Kier alpha value is -1.01. The van der Waals surface area contributed by atoms with Gasteiger partial charge in [0.2, 0.25) is 5.82 Å². The highest BCUT2D eigenvalue weighted by atomic mass is 79.9. The Balaban J connectivity index is 2.60. The fraction of sp³-hybridized carbons (Fsp3) is 0.111. The van der Waals surface area contributed by atoms with Gasteiger partial charge in [-0.15, -0.1) is 11.3 Å². The molecule has 0 aliphatic heterocycles. The van der Waals surface area contributed by atoms with E-state index in [0.29, 0.717) is 5.82 Å². The van der Waals surface area contributed by atoms with Crippen molar-refractivity contribution in [1.82, 2.24) is 9.97 Å². The van der Waals surface area contributed by atoms with Crippen LogP contribution >= 0.6 is 27.3 Å². The summed E-state index contributed by atoms with van der Waals surface area (Å²) in [7, 11) is 0. The van der Waals surface area contributed by atoms with Crippen LogP contribution in [-0.4, -0.2) is 9.97 Å². The highest BCUT2D eigenvalue weighted by molar-refractivity contribution is 9.10. The van der Waals surface area contributed by atoms with E-state index in [-0.39, 0.29) is 5.69 Å². The number of nitrogens with one attached hydrogen (secondary N) is 1. The fourth-order valence-corrected chi connectivity index (χ4v) is 2.50. The molecule has 3 nitrogen and oxygen atoms in total. The number of aromatic nitrogens is 2. The van der Waals surface area contributed by atoms with Gasteiger partial charge in [0.05, 0.1) is 10.6 Å². The van der Waals surface area contributed by atoms with E-state index in [0.717, 1.165) is 9.35 Å². The quantitative estimate of drug-likeness (QED) is 0.877. The van der Waals surface area contributed by atoms with Crippen molar-refractivity contribution < 1.29 is 4.39 Å². The molecule has 2 aromatic rings. The van der Waals surface area contributed by atoms with Gasteiger partial charge in [-0.25, -0.2) is 4.98 Å². The minimum Gasteiger partial charge on any atom is -0.303 e. The molecule has 0 amide bonds. The van der Waals surface area contributed by atoms with E-state index in [1.54, 1.807) is 0 Å². The van der Waals surface area contributed by atoms with Crippen molar-refractivity contribution in [3.8, 4) is 10.7 Å². The number of nitrogens with zero attached hydrogens (tertiary/aromatic N) is 1. The predicted molar refractivity (Wildman–Crippen MR) is 60.6 cm³/mol. The van der Waals surface area contributed by atoms with E-state index in [1.807, 2.05) is 11.4 Å². The van der Waals surface area contributed by atoms with Crippen LogP contribution in [0.4, 0.5) is 4.39 Å². The van der Waals surface area contributed by atoms with Gasteiger partial charge in [0.1, 0.15) is 0 Å². The Morgan fingerprint density at radius 1 is 1.60 bits per heavy atom. The van der Waals surface area contributed by atoms with Gasteiger partial charge in [-0.2, -0.15) is 4.39 Å². The number of halogens is 2. The first-order chi connectivity index (χ1) is 7.08. The summed E-state index contributed by atoms with van der Waals surface area (Å²) < 4.78 is 13.9. The predicted octanol–water partition coefficient (Wildman–Crippen LogP) is 2.71. The van der Waals surface area contributed by atoms with E-state index in [4.69, 9.17) is 0 Å². The van der Waals surface area contributed by atoms with Crippen LogP contribution < -0.4 is 5.56 Å². The van der Waals surface area contributed by atoms with Crippen molar-refractivity contribution in [3.63, 3.8) is 0 Å². The number of hydrogen-bond acceptors (Lipinski definition) is 3. The summed E-state index contributed by atoms with van der Waals surface area (Å²) in [5, 5.41) is 1.87. The Morgan fingerprint density at radius 2 is 2.33 bits per heavy atom. The van der Waals surface area contributed by atoms with E-state index in [1.165, 1.54) is 18.3 Å². The summed E-state index contributed by atoms with van der Waals surface area (Å²) in [4.78, 5) is 18.3. The van der Waals surface area contributed by atoms with Crippen LogP contribution in [-0.2, 0) is 0 Å². The molecule has 0 aliphatic carbocycles. The Bertz CT molecular complexity index is 563. The zero-order chi connectivity index (χ0) is 11.0. The van der Waals surface area contributed by atoms with Crippen LogP contribution in [0.25, 0.3) is 10.7 Å². The van der Waals surface area contributed by atoms with Gasteiger partial charge in [0.25, 0.3) is 5.56 Å². The van der Waals surface area contributed by atoms with Gasteiger partial charge >= 0.3 is 0 Å². The molecule has 1 N–H and O–H groups in total. The average molecular weight is 289 g/mol. The minimum atomic E-state index is -0.825. The zero-order valence-corrected chi connectivity index (χ0v) is 10.1. The zero-order valence-electron chi connectivity index (χ0n) is 7.67. The molecule has 15 heavy (non-hydrogen) atoms. The lowest BCUT2D eigenvalue weighted by Crippen LogP contribution is -2.15. The molecule has 0 radical (unpaired) electrons. The normalized spacial score (nSPS) is 10.6. The molecular weight excluding hydrogens is 283 g/mol. The summed E-state index contributed by atoms with van der Waals surface area (Å²) in [5.41, 5.74) is -0.625. The van der Waals surface area contributed by atoms with Gasteiger partial charge in [-0.3, -0.25) is 4.79 Å². The number of hydrogen-bond donors (Lipinski definition) is 1. The minimum absolute atomic E-state index is 0.110.